The SMILES string of the molecule is CCCNC(CSCC(C)C)Cc1cc(CC)nn1CC. The minimum atomic E-state index is 0.556. The molecule has 0 saturated carbocycles. The quantitative estimate of drug-likeness (QED) is 0.675. The normalized spacial score (nSPS) is 13.0. The fourth-order valence-corrected chi connectivity index (χ4v) is 3.49. The fraction of sp³-hybridized carbons (Fsp3) is 0.824. The lowest BCUT2D eigenvalue weighted by Crippen LogP contribution is -2.35. The van der Waals surface area contributed by atoms with Gasteiger partial charge in [-0.05, 0) is 44.0 Å². The molecule has 0 amide bonds. The van der Waals surface area contributed by atoms with Crippen LogP contribution in [0.5, 0.6) is 0 Å². The highest BCUT2D eigenvalue weighted by Crippen LogP contribution is 2.14. The zero-order valence-electron chi connectivity index (χ0n) is 14.5. The van der Waals surface area contributed by atoms with Crippen molar-refractivity contribution in [1.82, 2.24) is 15.1 Å². The van der Waals surface area contributed by atoms with Crippen LogP contribution in [0.15, 0.2) is 6.07 Å². The van der Waals surface area contributed by atoms with E-state index >= 15 is 0 Å². The van der Waals surface area contributed by atoms with Gasteiger partial charge in [-0.15, -0.1) is 0 Å². The summed E-state index contributed by atoms with van der Waals surface area (Å²) in [5.41, 5.74) is 2.60. The Labute approximate surface area is 135 Å². The second kappa shape index (κ2) is 10.3. The van der Waals surface area contributed by atoms with Gasteiger partial charge in [0.2, 0.25) is 0 Å². The molecular formula is C17H33N3S. The highest BCUT2D eigenvalue weighted by atomic mass is 32.2. The number of hydrogen-bond acceptors (Lipinski definition) is 3. The average Bonchev–Trinajstić information content (AvgIpc) is 2.86. The molecule has 1 aromatic heterocycles. The first-order valence-electron chi connectivity index (χ1n) is 8.47. The highest BCUT2D eigenvalue weighted by molar-refractivity contribution is 7.99. The lowest BCUT2D eigenvalue weighted by Gasteiger charge is -2.19. The Morgan fingerprint density at radius 3 is 2.57 bits per heavy atom. The predicted molar refractivity (Wildman–Crippen MR) is 95.2 cm³/mol. The Bertz CT molecular complexity index is 387. The largest absolute Gasteiger partial charge is 0.313 e. The molecule has 4 heteroatoms. The van der Waals surface area contributed by atoms with Gasteiger partial charge in [-0.2, -0.15) is 16.9 Å². The van der Waals surface area contributed by atoms with Crippen molar-refractivity contribution >= 4 is 11.8 Å². The average molecular weight is 312 g/mol. The summed E-state index contributed by atoms with van der Waals surface area (Å²) in [7, 11) is 0. The Balaban J connectivity index is 2.63. The molecule has 0 radical (unpaired) electrons. The molecule has 1 rings (SSSR count). The van der Waals surface area contributed by atoms with Crippen LogP contribution in [0.1, 0.15) is 52.4 Å². The molecule has 1 unspecified atom stereocenters. The van der Waals surface area contributed by atoms with Crippen molar-refractivity contribution in [2.45, 2.75) is 66.5 Å². The zero-order chi connectivity index (χ0) is 15.7. The summed E-state index contributed by atoms with van der Waals surface area (Å²) in [4.78, 5) is 0. The zero-order valence-corrected chi connectivity index (χ0v) is 15.3. The van der Waals surface area contributed by atoms with E-state index < -0.39 is 0 Å². The third-order valence-corrected chi connectivity index (χ3v) is 5.02. The smallest absolute Gasteiger partial charge is 0.0624 e. The standard InChI is InChI=1S/C17H33N3S/c1-6-9-18-16(13-21-12-14(4)5)11-17-10-15(7-2)19-20(17)8-3/h10,14,16,18H,6-9,11-13H2,1-5H3. The first kappa shape index (κ1) is 18.6. The molecule has 122 valence electrons. The summed E-state index contributed by atoms with van der Waals surface area (Å²) in [6, 6.07) is 2.84. The number of nitrogens with one attached hydrogen (secondary N) is 1. The first-order valence-corrected chi connectivity index (χ1v) is 9.62. The number of nitrogens with zero attached hydrogens (tertiary/aromatic N) is 2. The summed E-state index contributed by atoms with van der Waals surface area (Å²) in [5, 5.41) is 8.38. The van der Waals surface area contributed by atoms with Gasteiger partial charge < -0.3 is 5.32 Å². The minimum Gasteiger partial charge on any atom is -0.313 e. The molecular weight excluding hydrogens is 278 g/mol. The molecule has 0 saturated heterocycles. The number of hydrogen-bond donors (Lipinski definition) is 1. The van der Waals surface area contributed by atoms with Crippen molar-refractivity contribution < 1.29 is 0 Å². The maximum atomic E-state index is 4.67. The summed E-state index contributed by atoms with van der Waals surface area (Å²) in [6.07, 6.45) is 3.31. The van der Waals surface area contributed by atoms with Crippen LogP contribution in [-0.2, 0) is 19.4 Å². The molecule has 0 aliphatic carbocycles. The Morgan fingerprint density at radius 1 is 1.24 bits per heavy atom. The van der Waals surface area contributed by atoms with Gasteiger partial charge >= 0.3 is 0 Å². The summed E-state index contributed by atoms with van der Waals surface area (Å²) in [6.45, 7) is 13.2. The van der Waals surface area contributed by atoms with Crippen molar-refractivity contribution in [2.24, 2.45) is 5.92 Å². The van der Waals surface area contributed by atoms with E-state index in [4.69, 9.17) is 0 Å². The van der Waals surface area contributed by atoms with E-state index in [2.05, 4.69) is 67.5 Å². The topological polar surface area (TPSA) is 29.9 Å². The monoisotopic (exact) mass is 311 g/mol. The van der Waals surface area contributed by atoms with E-state index in [1.807, 2.05) is 0 Å². The lowest BCUT2D eigenvalue weighted by molar-refractivity contribution is 0.519. The molecule has 0 aliphatic rings. The van der Waals surface area contributed by atoms with Crippen LogP contribution in [0.3, 0.4) is 0 Å². The van der Waals surface area contributed by atoms with Crippen molar-refractivity contribution in [2.75, 3.05) is 18.1 Å². The van der Waals surface area contributed by atoms with Gasteiger partial charge in [0, 0.05) is 30.5 Å². The van der Waals surface area contributed by atoms with Crippen molar-refractivity contribution in [3.63, 3.8) is 0 Å². The van der Waals surface area contributed by atoms with E-state index in [0.29, 0.717) is 6.04 Å². The highest BCUT2D eigenvalue weighted by Gasteiger charge is 2.14. The summed E-state index contributed by atoms with van der Waals surface area (Å²) < 4.78 is 2.17. The molecule has 0 spiro atoms. The van der Waals surface area contributed by atoms with E-state index in [-0.39, 0.29) is 0 Å². The molecule has 1 atom stereocenters. The number of aryl methyl sites for hydroxylation is 2. The first-order chi connectivity index (χ1) is 10.1. The number of rotatable bonds is 11. The van der Waals surface area contributed by atoms with E-state index in [9.17, 15) is 0 Å². The van der Waals surface area contributed by atoms with Crippen LogP contribution < -0.4 is 5.32 Å². The van der Waals surface area contributed by atoms with Crippen LogP contribution in [0.2, 0.25) is 0 Å². The molecule has 0 aliphatic heterocycles. The molecule has 1 N–H and O–H groups in total. The Kier molecular flexibility index (Phi) is 9.09. The van der Waals surface area contributed by atoms with Crippen molar-refractivity contribution in [3.8, 4) is 0 Å². The molecule has 0 aromatic carbocycles. The third-order valence-electron chi connectivity index (χ3n) is 3.48. The molecule has 1 aromatic rings. The fourth-order valence-electron chi connectivity index (χ4n) is 2.36. The Hall–Kier alpha value is -0.480. The molecule has 0 bridgehead atoms. The van der Waals surface area contributed by atoms with Crippen molar-refractivity contribution in [1.29, 1.82) is 0 Å². The predicted octanol–water partition coefficient (Wildman–Crippen LogP) is 3.77. The second-order valence-corrected chi connectivity index (χ2v) is 7.16. The molecule has 21 heavy (non-hydrogen) atoms. The van der Waals surface area contributed by atoms with Crippen LogP contribution in [0, 0.1) is 5.92 Å². The van der Waals surface area contributed by atoms with E-state index in [0.717, 1.165) is 31.8 Å². The van der Waals surface area contributed by atoms with Gasteiger partial charge in [0.05, 0.1) is 5.69 Å². The maximum Gasteiger partial charge on any atom is 0.0624 e. The molecule has 0 fully saturated rings. The van der Waals surface area contributed by atoms with Crippen molar-refractivity contribution in [3.05, 3.63) is 17.5 Å². The Morgan fingerprint density at radius 2 is 2.00 bits per heavy atom. The molecule has 3 nitrogen and oxygen atoms in total. The summed E-state index contributed by atoms with van der Waals surface area (Å²) >= 11 is 2.07. The van der Waals surface area contributed by atoms with Gasteiger partial charge in [0.25, 0.3) is 0 Å². The maximum absolute atomic E-state index is 4.67. The molecule has 1 heterocycles. The van der Waals surface area contributed by atoms with Crippen LogP contribution >= 0.6 is 11.8 Å². The lowest BCUT2D eigenvalue weighted by atomic mass is 10.1. The third kappa shape index (κ3) is 6.88. The van der Waals surface area contributed by atoms with Gasteiger partial charge in [0.1, 0.15) is 0 Å². The van der Waals surface area contributed by atoms with Crippen LogP contribution in [0.4, 0.5) is 0 Å². The van der Waals surface area contributed by atoms with Crippen LogP contribution in [-0.4, -0.2) is 33.9 Å². The summed E-state index contributed by atoms with van der Waals surface area (Å²) in [5.74, 6) is 3.21. The van der Waals surface area contributed by atoms with E-state index in [1.165, 1.54) is 29.3 Å². The van der Waals surface area contributed by atoms with E-state index in [1.54, 1.807) is 0 Å². The van der Waals surface area contributed by atoms with Gasteiger partial charge in [-0.3, -0.25) is 4.68 Å². The minimum absolute atomic E-state index is 0.556. The van der Waals surface area contributed by atoms with Gasteiger partial charge in [0.15, 0.2) is 0 Å². The van der Waals surface area contributed by atoms with Crippen LogP contribution in [0.25, 0.3) is 0 Å². The number of aromatic nitrogens is 2. The second-order valence-electron chi connectivity index (χ2n) is 6.08. The van der Waals surface area contributed by atoms with Gasteiger partial charge in [-0.25, -0.2) is 0 Å². The van der Waals surface area contributed by atoms with Gasteiger partial charge in [-0.1, -0.05) is 27.7 Å². The number of thioether (sulfide) groups is 1.